The SMILES string of the molecule is CC(=O)c1ccc(N2C(=O)C(=C3SC(=S)N(c4ccc(C(C)=O)cc4)C3=O)SC2=S)cc1. The second-order valence-corrected chi connectivity index (χ2v) is 10.2. The highest BCUT2D eigenvalue weighted by Crippen LogP contribution is 2.44. The van der Waals surface area contributed by atoms with Gasteiger partial charge in [-0.05, 0) is 62.4 Å². The van der Waals surface area contributed by atoms with Crippen molar-refractivity contribution in [2.24, 2.45) is 0 Å². The summed E-state index contributed by atoms with van der Waals surface area (Å²) in [4.78, 5) is 52.5. The maximum atomic E-state index is 13.2. The third-order valence-electron chi connectivity index (χ3n) is 4.81. The molecule has 0 bridgehead atoms. The molecule has 2 saturated heterocycles. The molecule has 2 amide bonds. The highest BCUT2D eigenvalue weighted by molar-refractivity contribution is 8.30. The lowest BCUT2D eigenvalue weighted by molar-refractivity contribution is -0.115. The van der Waals surface area contributed by atoms with E-state index in [0.29, 0.717) is 22.5 Å². The van der Waals surface area contributed by atoms with Crippen LogP contribution in [0.15, 0.2) is 58.3 Å². The molecule has 2 fully saturated rings. The molecule has 0 spiro atoms. The number of thiocarbonyl (C=S) groups is 2. The molecule has 2 aliphatic rings. The maximum Gasteiger partial charge on any atom is 0.272 e. The Balaban J connectivity index is 1.65. The topological polar surface area (TPSA) is 74.8 Å². The molecule has 2 aliphatic heterocycles. The highest BCUT2D eigenvalue weighted by Gasteiger charge is 2.43. The molecule has 0 saturated carbocycles. The summed E-state index contributed by atoms with van der Waals surface area (Å²) in [6, 6.07) is 13.1. The fraction of sp³-hybridized carbons (Fsp3) is 0.0909. The van der Waals surface area contributed by atoms with Crippen LogP contribution in [0.4, 0.5) is 11.4 Å². The number of anilines is 2. The summed E-state index contributed by atoms with van der Waals surface area (Å²) < 4.78 is 0.577. The number of nitrogens with zero attached hydrogens (tertiary/aromatic N) is 2. The third-order valence-corrected chi connectivity index (χ3v) is 7.68. The molecule has 10 heteroatoms. The third kappa shape index (κ3) is 3.95. The minimum atomic E-state index is -0.414. The van der Waals surface area contributed by atoms with Crippen molar-refractivity contribution >= 4 is 91.4 Å². The molecule has 32 heavy (non-hydrogen) atoms. The Kier molecular flexibility index (Phi) is 6.13. The Morgan fingerprint density at radius 1 is 0.656 bits per heavy atom. The van der Waals surface area contributed by atoms with Gasteiger partial charge in [0.25, 0.3) is 11.8 Å². The first-order valence-corrected chi connectivity index (χ1v) is 11.7. The molecule has 2 aromatic carbocycles. The molecule has 4 rings (SSSR count). The van der Waals surface area contributed by atoms with Gasteiger partial charge in [-0.25, -0.2) is 0 Å². The fourth-order valence-electron chi connectivity index (χ4n) is 3.14. The molecular formula is C22H14N2O4S4. The summed E-state index contributed by atoms with van der Waals surface area (Å²) in [5.74, 6) is -0.991. The van der Waals surface area contributed by atoms with Crippen LogP contribution in [-0.2, 0) is 9.59 Å². The zero-order chi connectivity index (χ0) is 23.2. The predicted molar refractivity (Wildman–Crippen MR) is 135 cm³/mol. The highest BCUT2D eigenvalue weighted by atomic mass is 32.2. The average molecular weight is 499 g/mol. The number of ketones is 2. The first-order valence-electron chi connectivity index (χ1n) is 9.28. The van der Waals surface area contributed by atoms with E-state index in [0.717, 1.165) is 23.5 Å². The molecule has 0 N–H and O–H groups in total. The van der Waals surface area contributed by atoms with Gasteiger partial charge >= 0.3 is 0 Å². The predicted octanol–water partition coefficient (Wildman–Crippen LogP) is 4.73. The van der Waals surface area contributed by atoms with Crippen molar-refractivity contribution in [3.05, 3.63) is 69.5 Å². The van der Waals surface area contributed by atoms with Crippen LogP contribution in [0.1, 0.15) is 34.6 Å². The zero-order valence-electron chi connectivity index (χ0n) is 16.8. The Hall–Kier alpha value is -2.66. The van der Waals surface area contributed by atoms with E-state index in [9.17, 15) is 19.2 Å². The normalized spacial score (nSPS) is 18.7. The van der Waals surface area contributed by atoms with Gasteiger partial charge in [0.15, 0.2) is 20.2 Å². The van der Waals surface area contributed by atoms with Crippen molar-refractivity contribution in [1.29, 1.82) is 0 Å². The second-order valence-electron chi connectivity index (χ2n) is 6.88. The van der Waals surface area contributed by atoms with Gasteiger partial charge in [0.2, 0.25) is 0 Å². The molecular weight excluding hydrogens is 485 g/mol. The number of Topliss-reactive ketones (excluding diaryl/α,β-unsaturated/α-hetero) is 2. The van der Waals surface area contributed by atoms with Crippen molar-refractivity contribution in [2.45, 2.75) is 13.8 Å². The lowest BCUT2D eigenvalue weighted by atomic mass is 10.1. The second kappa shape index (κ2) is 8.70. The van der Waals surface area contributed by atoms with Crippen LogP contribution in [0.5, 0.6) is 0 Å². The van der Waals surface area contributed by atoms with Crippen LogP contribution in [0, 0.1) is 0 Å². The summed E-state index contributed by atoms with van der Waals surface area (Å²) in [6.45, 7) is 2.93. The minimum absolute atomic E-state index is 0.0815. The Bertz CT molecular complexity index is 1150. The molecule has 6 nitrogen and oxygen atoms in total. The molecule has 0 radical (unpaired) electrons. The van der Waals surface area contributed by atoms with E-state index in [1.807, 2.05) is 0 Å². The molecule has 0 aliphatic carbocycles. The lowest BCUT2D eigenvalue weighted by Gasteiger charge is -2.15. The van der Waals surface area contributed by atoms with Crippen LogP contribution < -0.4 is 9.80 Å². The molecule has 2 heterocycles. The van der Waals surface area contributed by atoms with E-state index >= 15 is 0 Å². The summed E-state index contributed by atoms with van der Waals surface area (Å²) in [5.41, 5.74) is 2.08. The molecule has 0 unspecified atom stereocenters. The Morgan fingerprint density at radius 2 is 0.969 bits per heavy atom. The van der Waals surface area contributed by atoms with E-state index in [4.69, 9.17) is 24.4 Å². The average Bonchev–Trinajstić information content (AvgIpc) is 3.22. The van der Waals surface area contributed by atoms with Crippen LogP contribution in [-0.4, -0.2) is 32.0 Å². The zero-order valence-corrected chi connectivity index (χ0v) is 20.0. The Morgan fingerprint density at radius 3 is 1.25 bits per heavy atom. The van der Waals surface area contributed by atoms with Crippen molar-refractivity contribution in [3.63, 3.8) is 0 Å². The van der Waals surface area contributed by atoms with Crippen LogP contribution >= 0.6 is 48.0 Å². The molecule has 0 atom stereocenters. The van der Waals surface area contributed by atoms with Gasteiger partial charge in [-0.1, -0.05) is 48.0 Å². The van der Waals surface area contributed by atoms with Crippen LogP contribution in [0.3, 0.4) is 0 Å². The van der Waals surface area contributed by atoms with Gasteiger partial charge in [0, 0.05) is 11.1 Å². The molecule has 160 valence electrons. The largest absolute Gasteiger partial charge is 0.295 e. The van der Waals surface area contributed by atoms with Crippen molar-refractivity contribution in [3.8, 4) is 0 Å². The number of carbonyl (C=O) groups excluding carboxylic acids is 4. The number of amides is 2. The quantitative estimate of drug-likeness (QED) is 0.340. The lowest BCUT2D eigenvalue weighted by Crippen LogP contribution is -2.29. The van der Waals surface area contributed by atoms with Crippen LogP contribution in [0.25, 0.3) is 0 Å². The van der Waals surface area contributed by atoms with E-state index < -0.39 is 11.8 Å². The summed E-state index contributed by atoms with van der Waals surface area (Å²) in [7, 11) is 0. The number of hydrogen-bond acceptors (Lipinski definition) is 8. The smallest absolute Gasteiger partial charge is 0.272 e. The first kappa shape index (κ1) is 22.5. The molecule has 2 aromatic rings. The Labute approximate surface area is 203 Å². The van der Waals surface area contributed by atoms with Crippen LogP contribution in [0.2, 0.25) is 0 Å². The summed E-state index contributed by atoms with van der Waals surface area (Å²) in [5, 5.41) is 0. The van der Waals surface area contributed by atoms with Gasteiger partial charge < -0.3 is 0 Å². The monoisotopic (exact) mass is 498 g/mol. The van der Waals surface area contributed by atoms with Crippen molar-refractivity contribution in [1.82, 2.24) is 0 Å². The van der Waals surface area contributed by atoms with Crippen molar-refractivity contribution < 1.29 is 19.2 Å². The van der Waals surface area contributed by atoms with E-state index in [-0.39, 0.29) is 30.0 Å². The fourth-order valence-corrected chi connectivity index (χ4v) is 5.90. The van der Waals surface area contributed by atoms with Gasteiger partial charge in [-0.15, -0.1) is 0 Å². The minimum Gasteiger partial charge on any atom is -0.295 e. The number of hydrogen-bond donors (Lipinski definition) is 0. The van der Waals surface area contributed by atoms with E-state index in [1.165, 1.54) is 23.6 Å². The van der Waals surface area contributed by atoms with Crippen molar-refractivity contribution in [2.75, 3.05) is 9.80 Å². The summed E-state index contributed by atoms with van der Waals surface area (Å²) >= 11 is 12.9. The number of thioether (sulfide) groups is 2. The molecule has 0 aromatic heterocycles. The number of benzene rings is 2. The van der Waals surface area contributed by atoms with E-state index in [1.54, 1.807) is 48.5 Å². The number of carbonyl (C=O) groups is 4. The van der Waals surface area contributed by atoms with Gasteiger partial charge in [-0.3, -0.25) is 29.0 Å². The van der Waals surface area contributed by atoms with Gasteiger partial charge in [0.1, 0.15) is 0 Å². The standard InChI is InChI=1S/C22H14N2O4S4/c1-11(25)13-3-7-15(8-4-13)23-19(27)17(31-21(23)29)18-20(28)24(22(30)32-18)16-9-5-14(6-10-16)12(2)26/h3-10H,1-2H3. The van der Waals surface area contributed by atoms with E-state index in [2.05, 4.69) is 0 Å². The van der Waals surface area contributed by atoms with Gasteiger partial charge in [0.05, 0.1) is 21.2 Å². The van der Waals surface area contributed by atoms with Gasteiger partial charge in [-0.2, -0.15) is 0 Å². The summed E-state index contributed by atoms with van der Waals surface area (Å²) in [6.07, 6.45) is 0. The number of rotatable bonds is 4. The first-order chi connectivity index (χ1) is 15.2. The maximum absolute atomic E-state index is 13.2.